The Labute approximate surface area is 95.5 Å². The predicted molar refractivity (Wildman–Crippen MR) is 61.2 cm³/mol. The normalized spacial score (nSPS) is 21.4. The smallest absolute Gasteiger partial charge is 0.272 e. The van der Waals surface area contributed by atoms with E-state index in [0.717, 1.165) is 18.8 Å². The first-order valence-electron chi connectivity index (χ1n) is 5.92. The first-order valence-corrected chi connectivity index (χ1v) is 5.92. The molecule has 3 nitrogen and oxygen atoms in total. The monoisotopic (exact) mass is 216 g/mol. The summed E-state index contributed by atoms with van der Waals surface area (Å²) in [7, 11) is 0. The molecule has 0 radical (unpaired) electrons. The number of hydrogen-bond acceptors (Lipinski definition) is 2. The van der Waals surface area contributed by atoms with E-state index in [-0.39, 0.29) is 5.91 Å². The Morgan fingerprint density at radius 3 is 2.81 bits per heavy atom. The molecule has 1 saturated heterocycles. The molecule has 84 valence electrons. The summed E-state index contributed by atoms with van der Waals surface area (Å²) in [5.74, 6) is 0.104. The second-order valence-electron chi connectivity index (χ2n) is 5.14. The minimum atomic E-state index is 0.104. The van der Waals surface area contributed by atoms with E-state index >= 15 is 0 Å². The van der Waals surface area contributed by atoms with E-state index in [2.05, 4.69) is 4.98 Å². The molecule has 1 spiro atoms. The number of carbonyl (C=O) groups excluding carboxylic acids is 1. The van der Waals surface area contributed by atoms with E-state index in [1.165, 1.54) is 19.3 Å². The van der Waals surface area contributed by atoms with E-state index in [1.54, 1.807) is 0 Å². The molecular weight excluding hydrogens is 200 g/mol. The highest BCUT2D eigenvalue weighted by Crippen LogP contribution is 2.52. The van der Waals surface area contributed by atoms with Gasteiger partial charge >= 0.3 is 0 Å². The number of carbonyl (C=O) groups is 1. The fourth-order valence-electron chi connectivity index (χ4n) is 2.52. The van der Waals surface area contributed by atoms with Crippen molar-refractivity contribution in [2.24, 2.45) is 5.41 Å². The Morgan fingerprint density at radius 2 is 2.19 bits per heavy atom. The van der Waals surface area contributed by atoms with Crippen molar-refractivity contribution in [3.63, 3.8) is 0 Å². The maximum atomic E-state index is 12.2. The van der Waals surface area contributed by atoms with Crippen LogP contribution in [0.4, 0.5) is 0 Å². The van der Waals surface area contributed by atoms with Crippen LogP contribution in [-0.2, 0) is 0 Å². The zero-order chi connectivity index (χ0) is 11.2. The van der Waals surface area contributed by atoms with Gasteiger partial charge in [-0.1, -0.05) is 6.07 Å². The summed E-state index contributed by atoms with van der Waals surface area (Å²) in [6.07, 6.45) is 3.79. The van der Waals surface area contributed by atoms with E-state index in [0.29, 0.717) is 11.1 Å². The van der Waals surface area contributed by atoms with Gasteiger partial charge in [-0.3, -0.25) is 4.79 Å². The molecule has 16 heavy (non-hydrogen) atoms. The van der Waals surface area contributed by atoms with E-state index in [1.807, 2.05) is 30.0 Å². The van der Waals surface area contributed by atoms with Gasteiger partial charge < -0.3 is 4.90 Å². The molecule has 0 N–H and O–H groups in total. The molecule has 2 fully saturated rings. The largest absolute Gasteiger partial charge is 0.337 e. The Balaban J connectivity index is 1.78. The molecule has 0 atom stereocenters. The van der Waals surface area contributed by atoms with Gasteiger partial charge in [0.1, 0.15) is 5.69 Å². The van der Waals surface area contributed by atoms with Gasteiger partial charge in [0.15, 0.2) is 0 Å². The van der Waals surface area contributed by atoms with Crippen LogP contribution in [-0.4, -0.2) is 28.9 Å². The highest BCUT2D eigenvalue weighted by atomic mass is 16.2. The molecular formula is C13H16N2O. The molecule has 1 aliphatic carbocycles. The Morgan fingerprint density at radius 1 is 1.38 bits per heavy atom. The van der Waals surface area contributed by atoms with Crippen LogP contribution in [0.1, 0.15) is 35.4 Å². The number of aromatic nitrogens is 1. The molecule has 0 aromatic carbocycles. The zero-order valence-corrected chi connectivity index (χ0v) is 9.57. The Hall–Kier alpha value is -1.38. The van der Waals surface area contributed by atoms with Crippen molar-refractivity contribution < 1.29 is 4.79 Å². The van der Waals surface area contributed by atoms with Gasteiger partial charge in [0.25, 0.3) is 5.91 Å². The molecule has 1 aliphatic heterocycles. The van der Waals surface area contributed by atoms with Crippen molar-refractivity contribution in [3.05, 3.63) is 29.6 Å². The Kier molecular flexibility index (Phi) is 2.03. The zero-order valence-electron chi connectivity index (χ0n) is 9.57. The van der Waals surface area contributed by atoms with Gasteiger partial charge in [0, 0.05) is 18.8 Å². The third kappa shape index (κ3) is 1.60. The number of amides is 1. The van der Waals surface area contributed by atoms with Crippen LogP contribution in [0.15, 0.2) is 18.2 Å². The maximum Gasteiger partial charge on any atom is 0.272 e. The number of hydrogen-bond donors (Lipinski definition) is 0. The highest BCUT2D eigenvalue weighted by Gasteiger charge is 2.48. The number of nitrogens with zero attached hydrogens (tertiary/aromatic N) is 2. The molecule has 3 rings (SSSR count). The molecule has 2 aliphatic rings. The lowest BCUT2D eigenvalue weighted by molar-refractivity contribution is 0.0779. The van der Waals surface area contributed by atoms with Crippen LogP contribution in [0.5, 0.6) is 0 Å². The molecule has 1 aromatic rings. The van der Waals surface area contributed by atoms with Crippen molar-refractivity contribution in [2.45, 2.75) is 26.2 Å². The molecule has 0 unspecified atom stereocenters. The number of aryl methyl sites for hydroxylation is 1. The minimum absolute atomic E-state index is 0.104. The quantitative estimate of drug-likeness (QED) is 0.719. The first-order chi connectivity index (χ1) is 7.69. The third-order valence-corrected chi connectivity index (χ3v) is 3.79. The standard InChI is InChI=1S/C13H16N2O/c1-10-3-2-4-11(14-10)12(16)15-8-7-13(9-15)5-6-13/h2-4H,5-9H2,1H3. The number of pyridine rings is 1. The van der Waals surface area contributed by atoms with Gasteiger partial charge in [-0.05, 0) is 43.7 Å². The van der Waals surface area contributed by atoms with Crippen molar-refractivity contribution in [3.8, 4) is 0 Å². The summed E-state index contributed by atoms with van der Waals surface area (Å²) in [4.78, 5) is 18.4. The predicted octanol–water partition coefficient (Wildman–Crippen LogP) is 2.02. The first kappa shape index (κ1) is 9.82. The van der Waals surface area contributed by atoms with Gasteiger partial charge in [0.05, 0.1) is 0 Å². The van der Waals surface area contributed by atoms with Gasteiger partial charge in [-0.2, -0.15) is 0 Å². The molecule has 2 heterocycles. The summed E-state index contributed by atoms with van der Waals surface area (Å²) >= 11 is 0. The van der Waals surface area contributed by atoms with Crippen LogP contribution in [0.2, 0.25) is 0 Å². The summed E-state index contributed by atoms with van der Waals surface area (Å²) in [6.45, 7) is 3.78. The minimum Gasteiger partial charge on any atom is -0.337 e. The lowest BCUT2D eigenvalue weighted by Crippen LogP contribution is -2.29. The van der Waals surface area contributed by atoms with E-state index in [4.69, 9.17) is 0 Å². The van der Waals surface area contributed by atoms with Gasteiger partial charge in [-0.15, -0.1) is 0 Å². The van der Waals surface area contributed by atoms with Crippen LogP contribution >= 0.6 is 0 Å². The molecule has 0 bridgehead atoms. The van der Waals surface area contributed by atoms with Gasteiger partial charge in [0.2, 0.25) is 0 Å². The topological polar surface area (TPSA) is 33.2 Å². The average molecular weight is 216 g/mol. The summed E-state index contributed by atoms with van der Waals surface area (Å²) in [5.41, 5.74) is 2.00. The second kappa shape index (κ2) is 3.30. The van der Waals surface area contributed by atoms with Crippen molar-refractivity contribution in [2.75, 3.05) is 13.1 Å². The maximum absolute atomic E-state index is 12.2. The average Bonchev–Trinajstić information content (AvgIpc) is 2.88. The van der Waals surface area contributed by atoms with E-state index < -0.39 is 0 Å². The number of rotatable bonds is 1. The lowest BCUT2D eigenvalue weighted by Gasteiger charge is -2.15. The summed E-state index contributed by atoms with van der Waals surface area (Å²) in [6, 6.07) is 5.63. The molecule has 1 saturated carbocycles. The van der Waals surface area contributed by atoms with Crippen LogP contribution in [0.3, 0.4) is 0 Å². The van der Waals surface area contributed by atoms with Crippen LogP contribution in [0, 0.1) is 12.3 Å². The fourth-order valence-corrected chi connectivity index (χ4v) is 2.52. The second-order valence-corrected chi connectivity index (χ2v) is 5.14. The molecule has 3 heteroatoms. The highest BCUT2D eigenvalue weighted by molar-refractivity contribution is 5.92. The fraction of sp³-hybridized carbons (Fsp3) is 0.538. The molecule has 1 aromatic heterocycles. The summed E-state index contributed by atoms with van der Waals surface area (Å²) in [5, 5.41) is 0. The van der Waals surface area contributed by atoms with Crippen molar-refractivity contribution in [1.29, 1.82) is 0 Å². The van der Waals surface area contributed by atoms with Gasteiger partial charge in [-0.25, -0.2) is 4.98 Å². The molecule has 1 amide bonds. The Bertz CT molecular complexity index is 437. The van der Waals surface area contributed by atoms with Crippen LogP contribution in [0.25, 0.3) is 0 Å². The SMILES string of the molecule is Cc1cccc(C(=O)N2CCC3(CC3)C2)n1. The number of likely N-dealkylation sites (tertiary alicyclic amines) is 1. The van der Waals surface area contributed by atoms with E-state index in [9.17, 15) is 4.79 Å². The van der Waals surface area contributed by atoms with Crippen LogP contribution < -0.4 is 0 Å². The lowest BCUT2D eigenvalue weighted by atomic mass is 10.1. The third-order valence-electron chi connectivity index (χ3n) is 3.79. The van der Waals surface area contributed by atoms with Crippen molar-refractivity contribution >= 4 is 5.91 Å². The summed E-state index contributed by atoms with van der Waals surface area (Å²) < 4.78 is 0. The van der Waals surface area contributed by atoms with Crippen molar-refractivity contribution in [1.82, 2.24) is 9.88 Å².